The van der Waals surface area contributed by atoms with Gasteiger partial charge >= 0.3 is 0 Å². The van der Waals surface area contributed by atoms with E-state index >= 15 is 0 Å². The summed E-state index contributed by atoms with van der Waals surface area (Å²) in [4.78, 5) is 3.46. The Hall–Kier alpha value is -2.82. The van der Waals surface area contributed by atoms with Gasteiger partial charge in [0.2, 0.25) is 0 Å². The Bertz CT molecular complexity index is 978. The van der Waals surface area contributed by atoms with Crippen molar-refractivity contribution in [1.82, 2.24) is 4.98 Å². The van der Waals surface area contributed by atoms with Gasteiger partial charge in [-0.05, 0) is 74.1 Å². The third-order valence-electron chi connectivity index (χ3n) is 4.92. The minimum absolute atomic E-state index is 0.0189. The van der Waals surface area contributed by atoms with E-state index in [1.54, 1.807) is 12.1 Å². The summed E-state index contributed by atoms with van der Waals surface area (Å²) in [6, 6.07) is 8.54. The largest absolute Gasteiger partial charge is 0.454 e. The van der Waals surface area contributed by atoms with Crippen LogP contribution in [0.4, 0.5) is 14.5 Å². The molecule has 0 fully saturated rings. The number of rotatable bonds is 3. The molecule has 0 radical (unpaired) electrons. The molecule has 5 heteroatoms. The standard InChI is InChI=1S/C21H20F2N2O/c1-12-15-4-2-3-5-16(15)21(25-12)17-11-14(24)7-9-19(17)26-20-8-6-13(22)10-18(20)23/h6-11,25H,2-5,24H2,1H3. The molecule has 3 nitrogen and oxygen atoms in total. The van der Waals surface area contributed by atoms with Crippen LogP contribution in [0.15, 0.2) is 36.4 Å². The molecule has 26 heavy (non-hydrogen) atoms. The second-order valence-electron chi connectivity index (χ2n) is 6.72. The van der Waals surface area contributed by atoms with Gasteiger partial charge in [-0.25, -0.2) is 8.78 Å². The number of ether oxygens (including phenoxy) is 1. The Morgan fingerprint density at radius 3 is 2.46 bits per heavy atom. The number of anilines is 1. The van der Waals surface area contributed by atoms with Crippen molar-refractivity contribution in [3.8, 4) is 22.8 Å². The number of fused-ring (bicyclic) bond motifs is 1. The highest BCUT2D eigenvalue weighted by Gasteiger charge is 2.22. The van der Waals surface area contributed by atoms with Crippen LogP contribution in [0.3, 0.4) is 0 Å². The molecule has 0 bridgehead atoms. The highest BCUT2D eigenvalue weighted by molar-refractivity contribution is 5.76. The molecule has 0 saturated carbocycles. The van der Waals surface area contributed by atoms with Crippen LogP contribution >= 0.6 is 0 Å². The van der Waals surface area contributed by atoms with Gasteiger partial charge in [0.1, 0.15) is 11.6 Å². The van der Waals surface area contributed by atoms with Gasteiger partial charge in [-0.15, -0.1) is 0 Å². The van der Waals surface area contributed by atoms with Crippen LogP contribution in [0, 0.1) is 18.6 Å². The van der Waals surface area contributed by atoms with Gasteiger partial charge in [-0.2, -0.15) is 0 Å². The lowest BCUT2D eigenvalue weighted by atomic mass is 9.90. The van der Waals surface area contributed by atoms with Crippen molar-refractivity contribution in [2.24, 2.45) is 0 Å². The molecule has 3 N–H and O–H groups in total. The van der Waals surface area contributed by atoms with E-state index in [-0.39, 0.29) is 5.75 Å². The monoisotopic (exact) mass is 354 g/mol. The molecule has 0 saturated heterocycles. The molecule has 1 aromatic heterocycles. The highest BCUT2D eigenvalue weighted by Crippen LogP contribution is 2.40. The summed E-state index contributed by atoms with van der Waals surface area (Å²) in [5.41, 5.74) is 12.1. The van der Waals surface area contributed by atoms with E-state index in [4.69, 9.17) is 10.5 Å². The second kappa shape index (κ2) is 6.48. The lowest BCUT2D eigenvalue weighted by Crippen LogP contribution is -2.02. The highest BCUT2D eigenvalue weighted by atomic mass is 19.1. The number of aryl methyl sites for hydroxylation is 1. The third-order valence-corrected chi connectivity index (χ3v) is 4.92. The van der Waals surface area contributed by atoms with Crippen LogP contribution in [-0.2, 0) is 12.8 Å². The van der Waals surface area contributed by atoms with Gasteiger partial charge in [-0.3, -0.25) is 0 Å². The number of H-pyrrole nitrogens is 1. The van der Waals surface area contributed by atoms with Crippen molar-refractivity contribution in [2.75, 3.05) is 5.73 Å². The van der Waals surface area contributed by atoms with Crippen molar-refractivity contribution in [3.63, 3.8) is 0 Å². The summed E-state index contributed by atoms with van der Waals surface area (Å²) in [5, 5.41) is 0. The molecule has 3 aromatic rings. The first-order valence-corrected chi connectivity index (χ1v) is 8.76. The van der Waals surface area contributed by atoms with Crippen LogP contribution in [0.5, 0.6) is 11.5 Å². The maximum absolute atomic E-state index is 14.0. The maximum atomic E-state index is 14.0. The molecule has 1 aliphatic rings. The quantitative estimate of drug-likeness (QED) is 0.608. The molecule has 0 aliphatic heterocycles. The van der Waals surface area contributed by atoms with Crippen LogP contribution in [0.1, 0.15) is 29.7 Å². The van der Waals surface area contributed by atoms with E-state index in [0.29, 0.717) is 11.4 Å². The summed E-state index contributed by atoms with van der Waals surface area (Å²) < 4.78 is 33.0. The molecule has 4 rings (SSSR count). The fourth-order valence-electron chi connectivity index (χ4n) is 3.67. The van der Waals surface area contributed by atoms with Gasteiger partial charge < -0.3 is 15.5 Å². The van der Waals surface area contributed by atoms with Crippen molar-refractivity contribution in [1.29, 1.82) is 0 Å². The van der Waals surface area contributed by atoms with Gasteiger partial charge in [0.05, 0.1) is 5.69 Å². The first-order valence-electron chi connectivity index (χ1n) is 8.76. The second-order valence-corrected chi connectivity index (χ2v) is 6.72. The summed E-state index contributed by atoms with van der Waals surface area (Å²) in [7, 11) is 0. The fraction of sp³-hybridized carbons (Fsp3) is 0.238. The number of hydrogen-bond donors (Lipinski definition) is 2. The number of nitrogens with two attached hydrogens (primary N) is 1. The Morgan fingerprint density at radius 2 is 1.69 bits per heavy atom. The van der Waals surface area contributed by atoms with Gasteiger partial charge in [0.15, 0.2) is 11.6 Å². The van der Waals surface area contributed by atoms with Gasteiger partial charge in [0, 0.05) is 23.0 Å². The molecular formula is C21H20F2N2O. The molecule has 1 aliphatic carbocycles. The Kier molecular flexibility index (Phi) is 4.15. The summed E-state index contributed by atoms with van der Waals surface area (Å²) in [6.45, 7) is 2.07. The van der Waals surface area contributed by atoms with Crippen LogP contribution in [0.25, 0.3) is 11.3 Å². The van der Waals surface area contributed by atoms with E-state index in [0.717, 1.165) is 42.3 Å². The van der Waals surface area contributed by atoms with Crippen molar-refractivity contribution in [2.45, 2.75) is 32.6 Å². The predicted molar refractivity (Wildman–Crippen MR) is 98.5 cm³/mol. The van der Waals surface area contributed by atoms with E-state index in [9.17, 15) is 8.78 Å². The minimum atomic E-state index is -0.738. The molecule has 0 atom stereocenters. The molecule has 0 amide bonds. The lowest BCUT2D eigenvalue weighted by molar-refractivity contribution is 0.439. The normalized spacial score (nSPS) is 13.5. The average molecular weight is 354 g/mol. The minimum Gasteiger partial charge on any atom is -0.454 e. The van der Waals surface area contributed by atoms with E-state index < -0.39 is 11.6 Å². The van der Waals surface area contributed by atoms with Crippen LogP contribution in [-0.4, -0.2) is 4.98 Å². The van der Waals surface area contributed by atoms with Crippen molar-refractivity contribution in [3.05, 3.63) is 64.9 Å². The molecule has 134 valence electrons. The lowest BCUT2D eigenvalue weighted by Gasteiger charge is -2.16. The predicted octanol–water partition coefficient (Wildman–Crippen LogP) is 5.52. The summed E-state index contributed by atoms with van der Waals surface area (Å²) in [6.07, 6.45) is 4.38. The zero-order valence-electron chi connectivity index (χ0n) is 14.5. The van der Waals surface area contributed by atoms with Crippen molar-refractivity contribution >= 4 is 5.69 Å². The Balaban J connectivity index is 1.81. The summed E-state index contributed by atoms with van der Waals surface area (Å²) >= 11 is 0. The third kappa shape index (κ3) is 2.94. The Morgan fingerprint density at radius 1 is 0.962 bits per heavy atom. The number of aromatic nitrogens is 1. The van der Waals surface area contributed by atoms with Gasteiger partial charge in [0.25, 0.3) is 0 Å². The Labute approximate surface area is 150 Å². The average Bonchev–Trinajstić information content (AvgIpc) is 2.96. The van der Waals surface area contributed by atoms with E-state index in [2.05, 4.69) is 11.9 Å². The number of nitrogen functional groups attached to an aromatic ring is 1. The number of aromatic amines is 1. The number of nitrogens with one attached hydrogen (secondary N) is 1. The van der Waals surface area contributed by atoms with Crippen molar-refractivity contribution < 1.29 is 13.5 Å². The fourth-order valence-corrected chi connectivity index (χ4v) is 3.67. The smallest absolute Gasteiger partial charge is 0.168 e. The topological polar surface area (TPSA) is 51.0 Å². The summed E-state index contributed by atoms with van der Waals surface area (Å²) in [5.74, 6) is -0.909. The SMILES string of the molecule is Cc1[nH]c(-c2cc(N)ccc2Oc2ccc(F)cc2F)c2c1CCCC2. The number of benzene rings is 2. The molecule has 1 heterocycles. The first kappa shape index (κ1) is 16.6. The number of halogens is 2. The zero-order valence-corrected chi connectivity index (χ0v) is 14.5. The molecular weight excluding hydrogens is 334 g/mol. The zero-order chi connectivity index (χ0) is 18.3. The van der Waals surface area contributed by atoms with E-state index in [1.165, 1.54) is 29.7 Å². The first-order chi connectivity index (χ1) is 12.5. The maximum Gasteiger partial charge on any atom is 0.168 e. The molecule has 2 aromatic carbocycles. The number of hydrogen-bond acceptors (Lipinski definition) is 2. The van der Waals surface area contributed by atoms with Crippen LogP contribution in [0.2, 0.25) is 0 Å². The van der Waals surface area contributed by atoms with Crippen LogP contribution < -0.4 is 10.5 Å². The molecule has 0 unspecified atom stereocenters. The molecule has 0 spiro atoms. The van der Waals surface area contributed by atoms with Gasteiger partial charge in [-0.1, -0.05) is 0 Å². The van der Waals surface area contributed by atoms with E-state index in [1.807, 2.05) is 6.07 Å².